The molecular formula is C61H118N2O8. The lowest BCUT2D eigenvalue weighted by atomic mass is 10.0. The van der Waals surface area contributed by atoms with Crippen molar-refractivity contribution < 1.29 is 38.1 Å². The van der Waals surface area contributed by atoms with Gasteiger partial charge >= 0.3 is 24.0 Å². The van der Waals surface area contributed by atoms with Crippen LogP contribution < -0.4 is 0 Å². The molecule has 0 radical (unpaired) electrons. The van der Waals surface area contributed by atoms with Gasteiger partial charge in [-0.15, -0.1) is 0 Å². The van der Waals surface area contributed by atoms with Gasteiger partial charge in [-0.05, 0) is 137 Å². The lowest BCUT2D eigenvalue weighted by Gasteiger charge is -2.26. The van der Waals surface area contributed by atoms with Crippen molar-refractivity contribution in [2.24, 2.45) is 0 Å². The minimum Gasteiger partial charge on any atom is -0.463 e. The van der Waals surface area contributed by atoms with E-state index in [0.29, 0.717) is 19.4 Å². The molecule has 1 atom stereocenters. The molecular weight excluding hydrogens is 889 g/mol. The average Bonchev–Trinajstić information content (AvgIpc) is 3.34. The van der Waals surface area contributed by atoms with Crippen molar-refractivity contribution in [1.82, 2.24) is 9.80 Å². The fourth-order valence-electron chi connectivity index (χ4n) is 9.51. The molecule has 10 heteroatoms. The first-order valence-corrected chi connectivity index (χ1v) is 30.7. The van der Waals surface area contributed by atoms with Crippen LogP contribution in [0.5, 0.6) is 0 Å². The maximum absolute atomic E-state index is 13.9. The van der Waals surface area contributed by atoms with Crippen molar-refractivity contribution in [2.45, 2.75) is 336 Å². The minimum absolute atomic E-state index is 0.0275. The molecule has 0 aromatic heterocycles. The van der Waals surface area contributed by atoms with Gasteiger partial charge in [0.1, 0.15) is 18.3 Å². The Morgan fingerprint density at radius 2 is 0.634 bits per heavy atom. The summed E-state index contributed by atoms with van der Waals surface area (Å²) >= 11 is 0. The third kappa shape index (κ3) is 45.9. The van der Waals surface area contributed by atoms with E-state index < -0.39 is 0 Å². The highest BCUT2D eigenvalue weighted by atomic mass is 16.6. The van der Waals surface area contributed by atoms with Crippen molar-refractivity contribution in [2.75, 3.05) is 33.7 Å². The maximum atomic E-state index is 13.9. The van der Waals surface area contributed by atoms with Crippen LogP contribution in [0.1, 0.15) is 311 Å². The number of amides is 1. The molecule has 10 nitrogen and oxygen atoms in total. The normalized spacial score (nSPS) is 12.1. The molecule has 0 aliphatic rings. The molecule has 71 heavy (non-hydrogen) atoms. The second-order valence-electron chi connectivity index (χ2n) is 21.6. The molecule has 0 aromatic carbocycles. The van der Waals surface area contributed by atoms with Crippen molar-refractivity contribution >= 4 is 24.0 Å². The van der Waals surface area contributed by atoms with Gasteiger partial charge in [-0.25, -0.2) is 4.79 Å². The second-order valence-corrected chi connectivity index (χ2v) is 21.6. The first-order valence-electron chi connectivity index (χ1n) is 30.7. The van der Waals surface area contributed by atoms with Crippen molar-refractivity contribution in [3.05, 3.63) is 0 Å². The van der Waals surface area contributed by atoms with Gasteiger partial charge in [-0.3, -0.25) is 14.4 Å². The predicted molar refractivity (Wildman–Crippen MR) is 298 cm³/mol. The molecule has 0 heterocycles. The number of ether oxygens (including phenoxy) is 4. The lowest BCUT2D eigenvalue weighted by molar-refractivity contribution is -0.151. The van der Waals surface area contributed by atoms with Gasteiger partial charge in [0.2, 0.25) is 0 Å². The van der Waals surface area contributed by atoms with Gasteiger partial charge in [-0.1, -0.05) is 176 Å². The molecule has 0 bridgehead atoms. The van der Waals surface area contributed by atoms with Gasteiger partial charge in [0, 0.05) is 25.9 Å². The van der Waals surface area contributed by atoms with Crippen LogP contribution >= 0.6 is 0 Å². The first kappa shape index (κ1) is 68.6. The highest BCUT2D eigenvalue weighted by Gasteiger charge is 2.22. The zero-order chi connectivity index (χ0) is 52.4. The fourth-order valence-corrected chi connectivity index (χ4v) is 9.51. The molecule has 0 rings (SSSR count). The molecule has 0 fully saturated rings. The number of carbonyl (C=O) groups excluding carboxylic acids is 4. The third-order valence-corrected chi connectivity index (χ3v) is 14.1. The van der Waals surface area contributed by atoms with Gasteiger partial charge in [0.05, 0.1) is 12.5 Å². The maximum Gasteiger partial charge on any atom is 0.410 e. The molecule has 420 valence electrons. The van der Waals surface area contributed by atoms with E-state index in [9.17, 15) is 19.2 Å². The van der Waals surface area contributed by atoms with E-state index in [0.717, 1.165) is 180 Å². The Kier molecular flexibility index (Phi) is 49.4. The van der Waals surface area contributed by atoms with Crippen LogP contribution in [-0.4, -0.2) is 91.9 Å². The summed E-state index contributed by atoms with van der Waals surface area (Å²) in [6.45, 7) is 14.7. The summed E-state index contributed by atoms with van der Waals surface area (Å²) in [6.07, 6.45) is 42.8. The van der Waals surface area contributed by atoms with E-state index >= 15 is 0 Å². The summed E-state index contributed by atoms with van der Waals surface area (Å²) in [6, 6.07) is 0. The van der Waals surface area contributed by atoms with Crippen LogP contribution in [-0.2, 0) is 33.3 Å². The summed E-state index contributed by atoms with van der Waals surface area (Å²) < 4.78 is 24.1. The quantitative estimate of drug-likeness (QED) is 0.0334. The van der Waals surface area contributed by atoms with Crippen LogP contribution in [0.15, 0.2) is 0 Å². The van der Waals surface area contributed by atoms with E-state index in [4.69, 9.17) is 18.9 Å². The highest BCUT2D eigenvalue weighted by molar-refractivity contribution is 5.72. The van der Waals surface area contributed by atoms with Gasteiger partial charge in [-0.2, -0.15) is 0 Å². The smallest absolute Gasteiger partial charge is 0.410 e. The SMILES string of the molecule is CCCCCCC(CCCCCC)OC(=O)CCCCCCCCC(CCCCCCCCC(=O)OC(CCCCCC)CCCCCC)OC(=O)N(CCCN(C)C)CCC(=O)OC(C)CCCCC. The van der Waals surface area contributed by atoms with Crippen LogP contribution in [0.2, 0.25) is 0 Å². The molecule has 1 amide bonds. The summed E-state index contributed by atoms with van der Waals surface area (Å²) in [4.78, 5) is 56.2. The summed E-state index contributed by atoms with van der Waals surface area (Å²) in [5.41, 5.74) is 0. The number of hydrogen-bond donors (Lipinski definition) is 0. The van der Waals surface area contributed by atoms with Crippen LogP contribution in [0.4, 0.5) is 4.79 Å². The second kappa shape index (κ2) is 51.1. The van der Waals surface area contributed by atoms with Crippen LogP contribution in [0.25, 0.3) is 0 Å². The van der Waals surface area contributed by atoms with E-state index in [1.807, 2.05) is 21.0 Å². The number of unbranched alkanes of at least 4 members (excludes halogenated alkanes) is 24. The molecule has 0 aromatic rings. The first-order chi connectivity index (χ1) is 34.5. The Morgan fingerprint density at radius 1 is 0.324 bits per heavy atom. The fraction of sp³-hybridized carbons (Fsp3) is 0.934. The lowest BCUT2D eigenvalue weighted by Crippen LogP contribution is -2.38. The zero-order valence-corrected chi connectivity index (χ0v) is 48.3. The number of rotatable bonds is 53. The average molecular weight is 1010 g/mol. The van der Waals surface area contributed by atoms with E-state index in [-0.39, 0.29) is 61.4 Å². The van der Waals surface area contributed by atoms with Gasteiger partial charge < -0.3 is 28.7 Å². The van der Waals surface area contributed by atoms with Gasteiger partial charge in [0.15, 0.2) is 0 Å². The number of hydrogen-bond acceptors (Lipinski definition) is 9. The number of nitrogens with zero attached hydrogens (tertiary/aromatic N) is 2. The Hall–Kier alpha value is -2.36. The molecule has 0 saturated carbocycles. The van der Waals surface area contributed by atoms with E-state index in [1.165, 1.54) is 77.0 Å². The van der Waals surface area contributed by atoms with E-state index in [1.54, 1.807) is 4.90 Å². The van der Waals surface area contributed by atoms with Crippen molar-refractivity contribution in [3.63, 3.8) is 0 Å². The van der Waals surface area contributed by atoms with Gasteiger partial charge in [0.25, 0.3) is 0 Å². The largest absolute Gasteiger partial charge is 0.463 e. The topological polar surface area (TPSA) is 112 Å². The Morgan fingerprint density at radius 3 is 1.01 bits per heavy atom. The molecule has 0 aliphatic heterocycles. The Labute approximate surface area is 439 Å². The minimum atomic E-state index is -0.329. The third-order valence-electron chi connectivity index (χ3n) is 14.1. The Bertz CT molecular complexity index is 1130. The summed E-state index contributed by atoms with van der Waals surface area (Å²) in [7, 11) is 4.06. The monoisotopic (exact) mass is 1010 g/mol. The molecule has 0 aliphatic carbocycles. The Balaban J connectivity index is 5.23. The standard InChI is InChI=1S/C61H118N2O8/c1-9-14-19-32-42-55(43-33-20-15-10-2)69-58(64)48-38-29-25-23-27-36-46-57(71-61(67)63(52-40-51-62(7)8)53-50-60(66)68-54(6)41-31-18-13-5)47-37-28-24-26-30-39-49-59(65)70-56(44-34-21-16-11-3)45-35-22-17-12-4/h54-57H,9-53H2,1-8H3. The van der Waals surface area contributed by atoms with E-state index in [2.05, 4.69) is 39.5 Å². The summed E-state index contributed by atoms with van der Waals surface area (Å²) in [5, 5.41) is 0. The van der Waals surface area contributed by atoms with Crippen LogP contribution in [0.3, 0.4) is 0 Å². The van der Waals surface area contributed by atoms with Crippen LogP contribution in [0, 0.1) is 0 Å². The summed E-state index contributed by atoms with van der Waals surface area (Å²) in [5.74, 6) is -0.315. The highest BCUT2D eigenvalue weighted by Crippen LogP contribution is 2.22. The number of esters is 3. The molecule has 0 saturated heterocycles. The molecule has 0 N–H and O–H groups in total. The predicted octanol–water partition coefficient (Wildman–Crippen LogP) is 17.6. The molecule has 0 spiro atoms. The number of carbonyl (C=O) groups is 4. The molecule has 1 unspecified atom stereocenters. The van der Waals surface area contributed by atoms with Crippen molar-refractivity contribution in [3.8, 4) is 0 Å². The van der Waals surface area contributed by atoms with Crippen molar-refractivity contribution in [1.29, 1.82) is 0 Å². The zero-order valence-electron chi connectivity index (χ0n) is 48.3.